The van der Waals surface area contributed by atoms with Gasteiger partial charge >= 0.3 is 7.32 Å². The molecule has 0 aliphatic heterocycles. The van der Waals surface area contributed by atoms with Crippen LogP contribution in [-0.4, -0.2) is 17.4 Å². The standard InChI is InChI=1S/C6H5BF2O3/c8-4-1-2-6(5(9)3-4)12-7(10)11/h1-3,10-11H/i1D,2D,3D. The van der Waals surface area contributed by atoms with Crippen molar-refractivity contribution in [3.8, 4) is 5.75 Å². The lowest BCUT2D eigenvalue weighted by molar-refractivity contribution is 0.281. The molecule has 6 heteroatoms. The van der Waals surface area contributed by atoms with Crippen LogP contribution in [0.5, 0.6) is 5.75 Å². The first kappa shape index (κ1) is 5.50. The lowest BCUT2D eigenvalue weighted by Crippen LogP contribution is -2.21. The molecule has 0 radical (unpaired) electrons. The highest BCUT2D eigenvalue weighted by Gasteiger charge is 2.14. The summed E-state index contributed by atoms with van der Waals surface area (Å²) in [6.07, 6.45) is 0. The Morgan fingerprint density at radius 3 is 2.67 bits per heavy atom. The average Bonchev–Trinajstić information content (AvgIpc) is 2.18. The van der Waals surface area contributed by atoms with Crippen LogP contribution in [-0.2, 0) is 0 Å². The molecule has 2 N–H and O–H groups in total. The molecule has 0 saturated heterocycles. The molecule has 1 aromatic rings. The smallest absolute Gasteiger partial charge is 0.510 e. The number of benzene rings is 1. The largest absolute Gasteiger partial charge is 0.707 e. The van der Waals surface area contributed by atoms with Crippen LogP contribution < -0.4 is 4.65 Å². The Hall–Kier alpha value is -1.14. The monoisotopic (exact) mass is 177 g/mol. The molecule has 0 atom stereocenters. The third-order valence-electron chi connectivity index (χ3n) is 0.928. The molecule has 3 nitrogen and oxygen atoms in total. The zero-order chi connectivity index (χ0) is 11.7. The Labute approximate surface area is 71.6 Å². The molecule has 0 fully saturated rings. The number of hydrogen-bond acceptors (Lipinski definition) is 3. The second kappa shape index (κ2) is 3.51. The molecule has 0 heterocycles. The van der Waals surface area contributed by atoms with Gasteiger partial charge in [-0.1, -0.05) is 0 Å². The second-order valence-electron chi connectivity index (χ2n) is 1.78. The van der Waals surface area contributed by atoms with E-state index in [0.29, 0.717) is 0 Å². The van der Waals surface area contributed by atoms with E-state index in [2.05, 4.69) is 4.65 Å². The summed E-state index contributed by atoms with van der Waals surface area (Å²) < 4.78 is 50.9. The molecule has 64 valence electrons. The highest BCUT2D eigenvalue weighted by atomic mass is 19.1. The van der Waals surface area contributed by atoms with Gasteiger partial charge in [-0.3, -0.25) is 0 Å². The normalized spacial score (nSPS) is 13.2. The fourth-order valence-electron chi connectivity index (χ4n) is 0.537. The summed E-state index contributed by atoms with van der Waals surface area (Å²) in [5.74, 6) is -4.10. The summed E-state index contributed by atoms with van der Waals surface area (Å²) in [7, 11) is -2.41. The van der Waals surface area contributed by atoms with Gasteiger partial charge in [-0.25, -0.2) is 8.78 Å². The molecular formula is C6H5BF2O3. The van der Waals surface area contributed by atoms with E-state index >= 15 is 0 Å². The van der Waals surface area contributed by atoms with Crippen molar-refractivity contribution in [1.82, 2.24) is 0 Å². The molecule has 0 saturated carbocycles. The van der Waals surface area contributed by atoms with Gasteiger partial charge in [0.05, 0.1) is 4.11 Å². The van der Waals surface area contributed by atoms with Gasteiger partial charge in [0.25, 0.3) is 0 Å². The van der Waals surface area contributed by atoms with Crippen molar-refractivity contribution in [1.29, 1.82) is 0 Å². The van der Waals surface area contributed by atoms with E-state index in [9.17, 15) is 8.78 Å². The number of rotatable bonds is 2. The summed E-state index contributed by atoms with van der Waals surface area (Å²) in [6.45, 7) is 0. The minimum atomic E-state index is -2.41. The van der Waals surface area contributed by atoms with E-state index in [1.54, 1.807) is 0 Å². The maximum absolute atomic E-state index is 13.1. The van der Waals surface area contributed by atoms with E-state index in [0.717, 1.165) is 0 Å². The van der Waals surface area contributed by atoms with E-state index in [4.69, 9.17) is 14.2 Å². The van der Waals surface area contributed by atoms with Crippen molar-refractivity contribution >= 4 is 7.32 Å². The van der Waals surface area contributed by atoms with Crippen molar-refractivity contribution in [3.05, 3.63) is 29.8 Å². The number of hydrogen-bond donors (Lipinski definition) is 2. The van der Waals surface area contributed by atoms with Gasteiger partial charge in [0.1, 0.15) is 11.6 Å². The summed E-state index contributed by atoms with van der Waals surface area (Å²) >= 11 is 0. The molecule has 0 aliphatic rings. The van der Waals surface area contributed by atoms with E-state index in [1.165, 1.54) is 0 Å². The lowest BCUT2D eigenvalue weighted by atomic mass is 10.2. The van der Waals surface area contributed by atoms with Crippen LogP contribution in [0.25, 0.3) is 0 Å². The third-order valence-corrected chi connectivity index (χ3v) is 0.928. The molecule has 1 aromatic carbocycles. The third kappa shape index (κ3) is 2.18. The maximum atomic E-state index is 13.1. The van der Waals surface area contributed by atoms with Crippen LogP contribution in [0, 0.1) is 11.6 Å². The van der Waals surface area contributed by atoms with E-state index in [-0.39, 0.29) is 0 Å². The van der Waals surface area contributed by atoms with Gasteiger partial charge < -0.3 is 14.7 Å². The van der Waals surface area contributed by atoms with Crippen LogP contribution in [0.1, 0.15) is 4.11 Å². The zero-order valence-corrected chi connectivity index (χ0v) is 5.64. The minimum absolute atomic E-state index is 0.992. The maximum Gasteiger partial charge on any atom is 0.707 e. The fourth-order valence-corrected chi connectivity index (χ4v) is 0.537. The Morgan fingerprint density at radius 1 is 1.42 bits per heavy atom. The predicted molar refractivity (Wildman–Crippen MR) is 37.2 cm³/mol. The Morgan fingerprint density at radius 2 is 2.08 bits per heavy atom. The molecular weight excluding hydrogens is 169 g/mol. The summed E-state index contributed by atoms with van der Waals surface area (Å²) in [6, 6.07) is -3.29. The highest BCUT2D eigenvalue weighted by Crippen LogP contribution is 2.17. The number of halogens is 2. The van der Waals surface area contributed by atoms with Crippen molar-refractivity contribution in [2.24, 2.45) is 0 Å². The van der Waals surface area contributed by atoms with Crippen LogP contribution in [0.15, 0.2) is 18.1 Å². The molecule has 0 spiro atoms. The van der Waals surface area contributed by atoms with Crippen LogP contribution in [0.2, 0.25) is 0 Å². The van der Waals surface area contributed by atoms with E-state index < -0.39 is 42.8 Å². The van der Waals surface area contributed by atoms with Crippen LogP contribution in [0.4, 0.5) is 8.78 Å². The van der Waals surface area contributed by atoms with Gasteiger partial charge in [0.15, 0.2) is 5.82 Å². The Bertz CT molecular complexity index is 373. The predicted octanol–water partition coefficient (Wildman–Crippen LogP) is 0.313. The van der Waals surface area contributed by atoms with Gasteiger partial charge in [-0.15, -0.1) is 0 Å². The highest BCUT2D eigenvalue weighted by molar-refractivity contribution is 6.33. The van der Waals surface area contributed by atoms with Crippen molar-refractivity contribution in [3.63, 3.8) is 0 Å². The molecule has 0 unspecified atom stereocenters. The molecule has 0 aromatic heterocycles. The fraction of sp³-hybridized carbons (Fsp3) is 0. The van der Waals surface area contributed by atoms with Gasteiger partial charge in [0, 0.05) is 6.04 Å². The first-order valence-corrected chi connectivity index (χ1v) is 2.83. The summed E-state index contributed by atoms with van der Waals surface area (Å²) in [5, 5.41) is 16.7. The Balaban J connectivity index is 3.39. The molecule has 0 bridgehead atoms. The molecule has 1 rings (SSSR count). The van der Waals surface area contributed by atoms with Crippen molar-refractivity contribution in [2.45, 2.75) is 0 Å². The lowest BCUT2D eigenvalue weighted by Gasteiger charge is -2.04. The van der Waals surface area contributed by atoms with Crippen LogP contribution >= 0.6 is 0 Å². The minimum Gasteiger partial charge on any atom is -0.510 e. The topological polar surface area (TPSA) is 49.7 Å². The van der Waals surface area contributed by atoms with Gasteiger partial charge in [0.2, 0.25) is 0 Å². The average molecular weight is 177 g/mol. The summed E-state index contributed by atoms with van der Waals surface area (Å²) in [4.78, 5) is 0. The first-order valence-electron chi connectivity index (χ1n) is 4.33. The summed E-state index contributed by atoms with van der Waals surface area (Å²) in [5.41, 5.74) is 0. The van der Waals surface area contributed by atoms with Crippen molar-refractivity contribution < 1.29 is 27.6 Å². The van der Waals surface area contributed by atoms with Crippen LogP contribution in [0.3, 0.4) is 0 Å². The van der Waals surface area contributed by atoms with E-state index in [1.807, 2.05) is 0 Å². The first-order chi connectivity index (χ1) is 6.86. The Kier molecular flexibility index (Phi) is 1.61. The molecule has 0 amide bonds. The molecule has 0 aliphatic carbocycles. The van der Waals surface area contributed by atoms with Gasteiger partial charge in [-0.2, -0.15) is 0 Å². The van der Waals surface area contributed by atoms with Crippen molar-refractivity contribution in [2.75, 3.05) is 0 Å². The van der Waals surface area contributed by atoms with Gasteiger partial charge in [-0.05, 0) is 12.1 Å². The second-order valence-corrected chi connectivity index (χ2v) is 1.78. The SMILES string of the molecule is [2H]c1c([2H])c(OB(O)O)c(F)c([2H])c1F. The quantitative estimate of drug-likeness (QED) is 0.639. The molecule has 12 heavy (non-hydrogen) atoms. The zero-order valence-electron chi connectivity index (χ0n) is 8.64.